The van der Waals surface area contributed by atoms with Crippen molar-refractivity contribution >= 4 is 28.1 Å². The van der Waals surface area contributed by atoms with Crippen molar-refractivity contribution in [1.29, 1.82) is 0 Å². The lowest BCUT2D eigenvalue weighted by atomic mass is 9.97. The lowest BCUT2D eigenvalue weighted by Crippen LogP contribution is -2.52. The SMILES string of the molecule is Cc1nc2ccccc2c(=O)n1C1(O)CCN(C(=O)C(C)Cc2cccs2)CC1. The van der Waals surface area contributed by atoms with E-state index in [1.54, 1.807) is 36.5 Å². The molecule has 1 unspecified atom stereocenters. The first-order valence-electron chi connectivity index (χ1n) is 9.91. The number of rotatable bonds is 4. The monoisotopic (exact) mass is 411 g/mol. The molecular weight excluding hydrogens is 386 g/mol. The summed E-state index contributed by atoms with van der Waals surface area (Å²) in [6, 6.07) is 11.2. The van der Waals surface area contributed by atoms with Gasteiger partial charge in [0.25, 0.3) is 5.56 Å². The Bertz CT molecular complexity index is 1080. The van der Waals surface area contributed by atoms with Crippen LogP contribution in [0.4, 0.5) is 0 Å². The van der Waals surface area contributed by atoms with Crippen molar-refractivity contribution < 1.29 is 9.90 Å². The summed E-state index contributed by atoms with van der Waals surface area (Å²) in [5, 5.41) is 13.8. The minimum atomic E-state index is -1.33. The molecule has 3 aromatic rings. The smallest absolute Gasteiger partial charge is 0.263 e. The first-order chi connectivity index (χ1) is 13.9. The third kappa shape index (κ3) is 3.72. The number of nitrogens with zero attached hydrogens (tertiary/aromatic N) is 3. The maximum absolute atomic E-state index is 13.0. The van der Waals surface area contributed by atoms with Crippen LogP contribution in [0.25, 0.3) is 10.9 Å². The summed E-state index contributed by atoms with van der Waals surface area (Å²) in [4.78, 5) is 33.4. The molecule has 6 nitrogen and oxygen atoms in total. The molecule has 0 saturated carbocycles. The van der Waals surface area contributed by atoms with Gasteiger partial charge in [-0.15, -0.1) is 11.3 Å². The molecule has 7 heteroatoms. The number of piperidine rings is 1. The number of hydrogen-bond acceptors (Lipinski definition) is 5. The summed E-state index contributed by atoms with van der Waals surface area (Å²) in [6.07, 6.45) is 1.35. The van der Waals surface area contributed by atoms with E-state index < -0.39 is 5.72 Å². The van der Waals surface area contributed by atoms with Crippen LogP contribution in [-0.2, 0) is 16.9 Å². The number of aromatic nitrogens is 2. The molecule has 4 rings (SSSR count). The van der Waals surface area contributed by atoms with Crippen LogP contribution in [0.1, 0.15) is 30.5 Å². The standard InChI is InChI=1S/C22H25N3O3S/c1-15(14-17-6-5-13-29-17)20(26)24-11-9-22(28,10-12-24)25-16(2)23-19-8-4-3-7-18(19)21(25)27/h3-8,13,15,28H,9-12,14H2,1-2H3. The van der Waals surface area contributed by atoms with Crippen LogP contribution in [0.15, 0.2) is 46.6 Å². The van der Waals surface area contributed by atoms with Crippen molar-refractivity contribution in [1.82, 2.24) is 14.5 Å². The lowest BCUT2D eigenvalue weighted by molar-refractivity contribution is -0.144. The van der Waals surface area contributed by atoms with Gasteiger partial charge in [0.1, 0.15) is 11.5 Å². The zero-order chi connectivity index (χ0) is 20.6. The quantitative estimate of drug-likeness (QED) is 0.716. The number of benzene rings is 1. The molecule has 0 spiro atoms. The van der Waals surface area contributed by atoms with Crippen molar-refractivity contribution in [3.05, 3.63) is 62.8 Å². The largest absolute Gasteiger partial charge is 0.370 e. The topological polar surface area (TPSA) is 75.4 Å². The molecule has 1 aliphatic rings. The van der Waals surface area contributed by atoms with Crippen LogP contribution in [0.5, 0.6) is 0 Å². The van der Waals surface area contributed by atoms with Crippen LogP contribution >= 0.6 is 11.3 Å². The first-order valence-corrected chi connectivity index (χ1v) is 10.8. The number of thiophene rings is 1. The van der Waals surface area contributed by atoms with Crippen LogP contribution in [0.3, 0.4) is 0 Å². The number of carbonyl (C=O) groups is 1. The molecule has 0 radical (unpaired) electrons. The van der Waals surface area contributed by atoms with Crippen LogP contribution in [-0.4, -0.2) is 38.6 Å². The predicted molar refractivity (Wildman–Crippen MR) is 114 cm³/mol. The van der Waals surface area contributed by atoms with E-state index in [9.17, 15) is 14.7 Å². The van der Waals surface area contributed by atoms with Crippen LogP contribution in [0.2, 0.25) is 0 Å². The van der Waals surface area contributed by atoms with Gasteiger partial charge in [0.2, 0.25) is 5.91 Å². The zero-order valence-corrected chi connectivity index (χ0v) is 17.5. The third-order valence-electron chi connectivity index (χ3n) is 5.74. The first kappa shape index (κ1) is 19.8. The highest BCUT2D eigenvalue weighted by molar-refractivity contribution is 7.09. The van der Waals surface area contributed by atoms with Crippen molar-refractivity contribution in [2.24, 2.45) is 5.92 Å². The number of para-hydroxylation sites is 1. The fourth-order valence-electron chi connectivity index (χ4n) is 4.17. The second-order valence-electron chi connectivity index (χ2n) is 7.81. The van der Waals surface area contributed by atoms with Crippen molar-refractivity contribution in [2.45, 2.75) is 38.8 Å². The number of likely N-dealkylation sites (tertiary alicyclic amines) is 1. The van der Waals surface area contributed by atoms with E-state index >= 15 is 0 Å². The molecule has 1 atom stereocenters. The minimum absolute atomic E-state index is 0.0983. The van der Waals surface area contributed by atoms with E-state index in [1.165, 1.54) is 9.44 Å². The second-order valence-corrected chi connectivity index (χ2v) is 8.84. The summed E-state index contributed by atoms with van der Waals surface area (Å²) >= 11 is 1.66. The zero-order valence-electron chi connectivity index (χ0n) is 16.7. The van der Waals surface area contributed by atoms with Gasteiger partial charge >= 0.3 is 0 Å². The summed E-state index contributed by atoms with van der Waals surface area (Å²) in [7, 11) is 0. The molecule has 1 N–H and O–H groups in total. The molecule has 152 valence electrons. The Balaban J connectivity index is 1.52. The molecule has 0 aliphatic carbocycles. The van der Waals surface area contributed by atoms with Crippen molar-refractivity contribution in [3.63, 3.8) is 0 Å². The second kappa shape index (κ2) is 7.72. The van der Waals surface area contributed by atoms with Gasteiger partial charge in [-0.1, -0.05) is 25.1 Å². The Labute approximate surface area is 173 Å². The van der Waals surface area contributed by atoms with Gasteiger partial charge in [-0.2, -0.15) is 0 Å². The molecule has 1 aromatic carbocycles. The van der Waals surface area contributed by atoms with E-state index in [-0.39, 0.29) is 17.4 Å². The van der Waals surface area contributed by atoms with Gasteiger partial charge in [0.05, 0.1) is 10.9 Å². The van der Waals surface area contributed by atoms with Gasteiger partial charge in [0, 0.05) is 36.7 Å². The highest BCUT2D eigenvalue weighted by Crippen LogP contribution is 2.29. The number of aliphatic hydroxyl groups is 1. The van der Waals surface area contributed by atoms with E-state index in [1.807, 2.05) is 35.4 Å². The Morgan fingerprint density at radius 3 is 2.66 bits per heavy atom. The minimum Gasteiger partial charge on any atom is -0.370 e. The summed E-state index contributed by atoms with van der Waals surface area (Å²) < 4.78 is 1.41. The summed E-state index contributed by atoms with van der Waals surface area (Å²) in [5.74, 6) is 0.481. The maximum Gasteiger partial charge on any atom is 0.263 e. The molecule has 29 heavy (non-hydrogen) atoms. The number of amides is 1. The van der Waals surface area contributed by atoms with Gasteiger partial charge < -0.3 is 10.0 Å². The van der Waals surface area contributed by atoms with Gasteiger partial charge in [-0.25, -0.2) is 4.98 Å². The molecule has 0 bridgehead atoms. The van der Waals surface area contributed by atoms with Gasteiger partial charge in [0.15, 0.2) is 0 Å². The average molecular weight is 412 g/mol. The van der Waals surface area contributed by atoms with E-state index in [2.05, 4.69) is 4.98 Å². The molecule has 2 aromatic heterocycles. The van der Waals surface area contributed by atoms with E-state index in [0.29, 0.717) is 42.7 Å². The predicted octanol–water partition coefficient (Wildman–Crippen LogP) is 2.91. The summed E-state index contributed by atoms with van der Waals surface area (Å²) in [6.45, 7) is 4.53. The van der Waals surface area contributed by atoms with E-state index in [4.69, 9.17) is 0 Å². The Kier molecular flexibility index (Phi) is 5.27. The Morgan fingerprint density at radius 2 is 1.97 bits per heavy atom. The molecular formula is C22H25N3O3S. The lowest BCUT2D eigenvalue weighted by Gasteiger charge is -2.40. The maximum atomic E-state index is 13.0. The van der Waals surface area contributed by atoms with Crippen molar-refractivity contribution in [2.75, 3.05) is 13.1 Å². The highest BCUT2D eigenvalue weighted by atomic mass is 32.1. The third-order valence-corrected chi connectivity index (χ3v) is 6.64. The van der Waals surface area contributed by atoms with E-state index in [0.717, 1.165) is 6.42 Å². The van der Waals surface area contributed by atoms with Crippen molar-refractivity contribution in [3.8, 4) is 0 Å². The van der Waals surface area contributed by atoms with Crippen LogP contribution < -0.4 is 5.56 Å². The Hall–Kier alpha value is -2.51. The molecule has 3 heterocycles. The number of carbonyl (C=O) groups excluding carboxylic acids is 1. The van der Waals surface area contributed by atoms with Gasteiger partial charge in [-0.05, 0) is 36.9 Å². The Morgan fingerprint density at radius 1 is 1.24 bits per heavy atom. The van der Waals surface area contributed by atoms with Gasteiger partial charge in [-0.3, -0.25) is 14.2 Å². The number of hydrogen-bond donors (Lipinski definition) is 1. The molecule has 1 saturated heterocycles. The molecule has 1 aliphatic heterocycles. The summed E-state index contributed by atoms with van der Waals surface area (Å²) in [5.41, 5.74) is -0.933. The molecule has 1 fully saturated rings. The highest BCUT2D eigenvalue weighted by Gasteiger charge is 2.38. The fourth-order valence-corrected chi connectivity index (χ4v) is 5.01. The molecule has 1 amide bonds. The number of fused-ring (bicyclic) bond motifs is 1. The number of aryl methyl sites for hydroxylation is 1. The fraction of sp³-hybridized carbons (Fsp3) is 0.409. The normalized spacial score (nSPS) is 17.4. The van der Waals surface area contributed by atoms with Crippen LogP contribution in [0, 0.1) is 12.8 Å². The average Bonchev–Trinajstić information content (AvgIpc) is 3.21.